The van der Waals surface area contributed by atoms with E-state index in [0.29, 0.717) is 25.9 Å². The summed E-state index contributed by atoms with van der Waals surface area (Å²) in [5, 5.41) is 12.3. The Morgan fingerprint density at radius 1 is 1.48 bits per heavy atom. The van der Waals surface area contributed by atoms with Crippen molar-refractivity contribution < 1.29 is 14.7 Å². The number of hydrogen-bond acceptors (Lipinski definition) is 4. The average molecular weight is 323 g/mol. The highest BCUT2D eigenvalue weighted by molar-refractivity contribution is 7.37. The molecule has 4 nitrogen and oxygen atoms in total. The van der Waals surface area contributed by atoms with E-state index in [4.69, 9.17) is 5.11 Å². The summed E-state index contributed by atoms with van der Waals surface area (Å²) < 4.78 is 1.26. The van der Waals surface area contributed by atoms with Crippen LogP contribution in [0, 0.1) is 12.8 Å². The van der Waals surface area contributed by atoms with Gasteiger partial charge in [0, 0.05) is 23.4 Å². The number of rotatable bonds is 3. The van der Waals surface area contributed by atoms with Crippen LogP contribution in [-0.2, 0) is 16.0 Å². The molecule has 21 heavy (non-hydrogen) atoms. The molecule has 1 amide bonds. The van der Waals surface area contributed by atoms with Crippen molar-refractivity contribution in [3.63, 3.8) is 0 Å². The zero-order valence-corrected chi connectivity index (χ0v) is 13.4. The predicted molar refractivity (Wildman–Crippen MR) is 85.1 cm³/mol. The van der Waals surface area contributed by atoms with E-state index in [1.54, 1.807) is 27.6 Å². The second-order valence-electron chi connectivity index (χ2n) is 5.51. The highest BCUT2D eigenvalue weighted by Crippen LogP contribution is 2.34. The maximum atomic E-state index is 12.4. The van der Waals surface area contributed by atoms with Gasteiger partial charge in [0.25, 0.3) is 0 Å². The molecule has 2 aromatic heterocycles. The largest absolute Gasteiger partial charge is 0.481 e. The van der Waals surface area contributed by atoms with Crippen LogP contribution in [-0.4, -0.2) is 35.0 Å². The SMILES string of the molecule is Cc1cc2c(CC(=O)N3CCCC(C(=O)O)C3)csc2s1. The summed E-state index contributed by atoms with van der Waals surface area (Å²) in [5.41, 5.74) is 1.07. The van der Waals surface area contributed by atoms with Gasteiger partial charge in [0.1, 0.15) is 0 Å². The van der Waals surface area contributed by atoms with Crippen molar-refractivity contribution in [2.24, 2.45) is 5.92 Å². The van der Waals surface area contributed by atoms with Crippen LogP contribution in [0.15, 0.2) is 11.4 Å². The van der Waals surface area contributed by atoms with E-state index in [1.807, 2.05) is 0 Å². The lowest BCUT2D eigenvalue weighted by Gasteiger charge is -2.30. The Labute approximate surface area is 131 Å². The molecule has 1 aliphatic rings. The van der Waals surface area contributed by atoms with Crippen molar-refractivity contribution in [2.75, 3.05) is 13.1 Å². The number of carboxylic acid groups (broad SMARTS) is 1. The summed E-state index contributed by atoms with van der Waals surface area (Å²) in [6.07, 6.45) is 1.83. The van der Waals surface area contributed by atoms with Gasteiger partial charge in [0.05, 0.1) is 16.4 Å². The van der Waals surface area contributed by atoms with Crippen LogP contribution in [0.1, 0.15) is 23.3 Å². The number of carbonyl (C=O) groups excluding carboxylic acids is 1. The first-order valence-electron chi connectivity index (χ1n) is 7.01. The molecule has 1 unspecified atom stereocenters. The molecule has 1 saturated heterocycles. The monoisotopic (exact) mass is 323 g/mol. The summed E-state index contributed by atoms with van der Waals surface area (Å²) in [6.45, 7) is 3.10. The number of nitrogens with zero attached hydrogens (tertiary/aromatic N) is 1. The highest BCUT2D eigenvalue weighted by Gasteiger charge is 2.28. The van der Waals surface area contributed by atoms with E-state index in [-0.39, 0.29) is 5.91 Å². The molecule has 1 fully saturated rings. The number of fused-ring (bicyclic) bond motifs is 1. The first-order chi connectivity index (χ1) is 10.0. The van der Waals surface area contributed by atoms with E-state index in [1.165, 1.54) is 14.3 Å². The number of piperidine rings is 1. The molecule has 0 radical (unpaired) electrons. The lowest BCUT2D eigenvalue weighted by atomic mass is 9.98. The van der Waals surface area contributed by atoms with Gasteiger partial charge in [-0.25, -0.2) is 0 Å². The van der Waals surface area contributed by atoms with Gasteiger partial charge in [0.2, 0.25) is 5.91 Å². The number of carboxylic acids is 1. The standard InChI is InChI=1S/C15H17NO3S2/c1-9-5-12-11(8-20-15(12)21-9)6-13(17)16-4-2-3-10(7-16)14(18)19/h5,8,10H,2-4,6-7H2,1H3,(H,18,19). The molecule has 0 saturated carbocycles. The zero-order valence-electron chi connectivity index (χ0n) is 11.8. The van der Waals surface area contributed by atoms with Crippen LogP contribution in [0.2, 0.25) is 0 Å². The third-order valence-electron chi connectivity index (χ3n) is 3.94. The first-order valence-corrected chi connectivity index (χ1v) is 8.71. The molecule has 6 heteroatoms. The average Bonchev–Trinajstić information content (AvgIpc) is 2.99. The highest BCUT2D eigenvalue weighted by atomic mass is 32.2. The second kappa shape index (κ2) is 5.77. The number of amides is 1. The summed E-state index contributed by atoms with van der Waals surface area (Å²) in [5.74, 6) is -1.16. The van der Waals surface area contributed by atoms with Crippen molar-refractivity contribution in [2.45, 2.75) is 26.2 Å². The van der Waals surface area contributed by atoms with Crippen molar-refractivity contribution >= 4 is 43.9 Å². The third-order valence-corrected chi connectivity index (χ3v) is 6.16. The van der Waals surface area contributed by atoms with Gasteiger partial charge in [-0.3, -0.25) is 9.59 Å². The van der Waals surface area contributed by atoms with Gasteiger partial charge in [-0.05, 0) is 36.8 Å². The first kappa shape index (κ1) is 14.5. The minimum Gasteiger partial charge on any atom is -0.481 e. The molecule has 3 rings (SSSR count). The molecule has 3 heterocycles. The van der Waals surface area contributed by atoms with Crippen molar-refractivity contribution in [1.29, 1.82) is 0 Å². The van der Waals surface area contributed by atoms with Crippen LogP contribution < -0.4 is 0 Å². The number of aliphatic carboxylic acids is 1. The van der Waals surface area contributed by atoms with Crippen LogP contribution in [0.5, 0.6) is 0 Å². The van der Waals surface area contributed by atoms with Crippen LogP contribution in [0.4, 0.5) is 0 Å². The van der Waals surface area contributed by atoms with Crippen molar-refractivity contribution in [3.8, 4) is 0 Å². The molecule has 1 aliphatic heterocycles. The number of thiophene rings is 2. The Bertz CT molecular complexity index is 688. The Hall–Kier alpha value is -1.40. The molecule has 2 aromatic rings. The fraction of sp³-hybridized carbons (Fsp3) is 0.467. The summed E-state index contributed by atoms with van der Waals surface area (Å²) in [6, 6.07) is 2.13. The maximum absolute atomic E-state index is 12.4. The normalized spacial score (nSPS) is 19.1. The van der Waals surface area contributed by atoms with Crippen LogP contribution in [0.25, 0.3) is 9.40 Å². The van der Waals surface area contributed by atoms with Crippen molar-refractivity contribution in [3.05, 3.63) is 21.9 Å². The van der Waals surface area contributed by atoms with Gasteiger partial charge in [0.15, 0.2) is 0 Å². The van der Waals surface area contributed by atoms with E-state index in [9.17, 15) is 9.59 Å². The third kappa shape index (κ3) is 2.96. The molecule has 1 atom stereocenters. The van der Waals surface area contributed by atoms with Gasteiger partial charge >= 0.3 is 5.97 Å². The van der Waals surface area contributed by atoms with Crippen LogP contribution >= 0.6 is 22.7 Å². The molecule has 0 aromatic carbocycles. The van der Waals surface area contributed by atoms with Crippen LogP contribution in [0.3, 0.4) is 0 Å². The number of hydrogen-bond donors (Lipinski definition) is 1. The fourth-order valence-corrected chi connectivity index (χ4v) is 5.09. The lowest BCUT2D eigenvalue weighted by molar-refractivity contribution is -0.145. The van der Waals surface area contributed by atoms with E-state index >= 15 is 0 Å². The summed E-state index contributed by atoms with van der Waals surface area (Å²) >= 11 is 3.44. The number of aryl methyl sites for hydroxylation is 1. The molecular formula is C15H17NO3S2. The molecule has 0 bridgehead atoms. The topological polar surface area (TPSA) is 57.6 Å². The molecular weight excluding hydrogens is 306 g/mol. The Kier molecular flexibility index (Phi) is 3.99. The lowest BCUT2D eigenvalue weighted by Crippen LogP contribution is -2.42. The second-order valence-corrected chi connectivity index (χ2v) is 7.91. The maximum Gasteiger partial charge on any atom is 0.308 e. The quantitative estimate of drug-likeness (QED) is 0.944. The fourth-order valence-electron chi connectivity index (χ4n) is 2.81. The van der Waals surface area contributed by atoms with Gasteiger partial charge < -0.3 is 10.0 Å². The predicted octanol–water partition coefficient (Wildman–Crippen LogP) is 3.14. The minimum atomic E-state index is -0.793. The Morgan fingerprint density at radius 2 is 2.29 bits per heavy atom. The molecule has 0 spiro atoms. The molecule has 1 N–H and O–H groups in total. The number of likely N-dealkylation sites (tertiary alicyclic amines) is 1. The summed E-state index contributed by atoms with van der Waals surface area (Å²) in [4.78, 5) is 26.5. The smallest absolute Gasteiger partial charge is 0.308 e. The van der Waals surface area contributed by atoms with Gasteiger partial charge in [-0.1, -0.05) is 0 Å². The molecule has 112 valence electrons. The summed E-state index contributed by atoms with van der Waals surface area (Å²) in [7, 11) is 0. The molecule has 0 aliphatic carbocycles. The Balaban J connectivity index is 1.72. The van der Waals surface area contributed by atoms with Crippen molar-refractivity contribution in [1.82, 2.24) is 4.90 Å². The van der Waals surface area contributed by atoms with E-state index in [0.717, 1.165) is 12.0 Å². The minimum absolute atomic E-state index is 0.0458. The zero-order chi connectivity index (χ0) is 15.0. The number of carbonyl (C=O) groups is 2. The van der Waals surface area contributed by atoms with Gasteiger partial charge in [-0.2, -0.15) is 0 Å². The Morgan fingerprint density at radius 3 is 3.05 bits per heavy atom. The van der Waals surface area contributed by atoms with E-state index in [2.05, 4.69) is 18.4 Å². The van der Waals surface area contributed by atoms with Gasteiger partial charge in [-0.15, -0.1) is 22.7 Å². The van der Waals surface area contributed by atoms with E-state index < -0.39 is 11.9 Å².